The van der Waals surface area contributed by atoms with Crippen LogP contribution in [0.3, 0.4) is 0 Å². The quantitative estimate of drug-likeness (QED) is 0.0543. The number of carbonyl (C=O) groups excluding carboxylic acids is 1. The van der Waals surface area contributed by atoms with E-state index in [9.17, 15) is 13.2 Å². The first-order valence-electron chi connectivity index (χ1n) is 18.4. The van der Waals surface area contributed by atoms with Gasteiger partial charge in [0.1, 0.15) is 6.61 Å². The maximum absolute atomic E-state index is 12.0. The number of carbonyl (C=O) groups is 1. The highest BCUT2D eigenvalue weighted by molar-refractivity contribution is 7.86. The molecule has 1 unspecified atom stereocenters. The molecular weight excluding hydrogens is 704 g/mol. The molecule has 0 bridgehead atoms. The van der Waals surface area contributed by atoms with Crippen molar-refractivity contribution in [2.75, 3.05) is 145 Å². The Morgan fingerprint density at radius 3 is 1.15 bits per heavy atom. The van der Waals surface area contributed by atoms with E-state index in [0.717, 1.165) is 25.7 Å². The third kappa shape index (κ3) is 29.6. The summed E-state index contributed by atoms with van der Waals surface area (Å²) in [5.74, 6) is -0.139. The third-order valence-corrected chi connectivity index (χ3v) is 8.38. The van der Waals surface area contributed by atoms with Crippen molar-refractivity contribution in [3.8, 4) is 0 Å². The highest BCUT2D eigenvalue weighted by Crippen LogP contribution is 2.14. The van der Waals surface area contributed by atoms with Gasteiger partial charge in [0.2, 0.25) is 0 Å². The Kier molecular flexibility index (Phi) is 33.6. The van der Waals surface area contributed by atoms with Crippen LogP contribution in [0.25, 0.3) is 0 Å². The Hall–Kier alpha value is -1.80. The number of hydrogen-bond donors (Lipinski definition) is 0. The lowest BCUT2D eigenvalue weighted by atomic mass is 10.00. The van der Waals surface area contributed by atoms with Crippen LogP contribution in [-0.4, -0.2) is 160 Å². The Bertz CT molecular complexity index is 1020. The number of rotatable bonds is 40. The van der Waals surface area contributed by atoms with Crippen LogP contribution in [0.15, 0.2) is 35.2 Å². The van der Waals surface area contributed by atoms with E-state index in [4.69, 9.17) is 56.3 Å². The van der Waals surface area contributed by atoms with Crippen LogP contribution in [0, 0.1) is 5.92 Å². The molecule has 0 saturated carbocycles. The molecule has 0 aliphatic rings. The van der Waals surface area contributed by atoms with Crippen molar-refractivity contribution in [1.82, 2.24) is 0 Å². The fraction of sp³-hybridized carbons (Fsp3) is 0.806. The van der Waals surface area contributed by atoms with E-state index in [1.807, 2.05) is 6.92 Å². The molecule has 1 rings (SSSR count). The molecule has 0 fully saturated rings. The number of esters is 1. The Morgan fingerprint density at radius 1 is 0.500 bits per heavy atom. The van der Waals surface area contributed by atoms with Gasteiger partial charge in [-0.15, -0.1) is 0 Å². The van der Waals surface area contributed by atoms with E-state index in [2.05, 4.69) is 6.92 Å². The fourth-order valence-corrected chi connectivity index (χ4v) is 5.11. The van der Waals surface area contributed by atoms with Crippen LogP contribution >= 0.6 is 0 Å². The number of unbranched alkanes of at least 4 members (excludes halogenated alkanes) is 1. The van der Waals surface area contributed by atoms with Gasteiger partial charge >= 0.3 is 5.97 Å². The highest BCUT2D eigenvalue weighted by atomic mass is 32.2. The van der Waals surface area contributed by atoms with Crippen molar-refractivity contribution in [1.29, 1.82) is 0 Å². The molecule has 0 N–H and O–H groups in total. The van der Waals surface area contributed by atoms with Crippen molar-refractivity contribution in [2.45, 2.75) is 44.4 Å². The molecular formula is C36H64O15S. The maximum atomic E-state index is 12.0. The van der Waals surface area contributed by atoms with Crippen molar-refractivity contribution in [2.24, 2.45) is 5.92 Å². The number of benzene rings is 1. The average molecular weight is 769 g/mol. The summed E-state index contributed by atoms with van der Waals surface area (Å²) in [6.45, 7) is 12.9. The molecule has 0 heterocycles. The first-order valence-corrected chi connectivity index (χ1v) is 19.8. The van der Waals surface area contributed by atoms with E-state index < -0.39 is 10.1 Å². The predicted molar refractivity (Wildman–Crippen MR) is 192 cm³/mol. The summed E-state index contributed by atoms with van der Waals surface area (Å²) < 4.78 is 88.6. The highest BCUT2D eigenvalue weighted by Gasteiger charge is 2.17. The van der Waals surface area contributed by atoms with Crippen molar-refractivity contribution in [3.63, 3.8) is 0 Å². The van der Waals surface area contributed by atoms with Crippen LogP contribution in [0.1, 0.15) is 39.5 Å². The summed E-state index contributed by atoms with van der Waals surface area (Å²) in [6.07, 6.45) is 3.81. The molecule has 15 nitrogen and oxygen atoms in total. The molecule has 0 radical (unpaired) electrons. The third-order valence-electron chi connectivity index (χ3n) is 7.05. The Morgan fingerprint density at radius 2 is 0.827 bits per heavy atom. The van der Waals surface area contributed by atoms with Gasteiger partial charge in [0.15, 0.2) is 0 Å². The summed E-state index contributed by atoms with van der Waals surface area (Å²) in [7, 11) is -3.76. The van der Waals surface area contributed by atoms with Crippen molar-refractivity contribution < 1.29 is 69.5 Å². The maximum Gasteiger partial charge on any atom is 0.308 e. The van der Waals surface area contributed by atoms with E-state index in [1.54, 1.807) is 18.2 Å². The zero-order chi connectivity index (χ0) is 37.6. The Balaban J connectivity index is 1.68. The van der Waals surface area contributed by atoms with Gasteiger partial charge in [0.05, 0.1) is 150 Å². The molecule has 1 aromatic carbocycles. The summed E-state index contributed by atoms with van der Waals surface area (Å²) in [5.41, 5.74) is 0. The van der Waals surface area contributed by atoms with Crippen LogP contribution < -0.4 is 0 Å². The predicted octanol–water partition coefficient (Wildman–Crippen LogP) is 3.32. The van der Waals surface area contributed by atoms with Crippen LogP contribution in [0.2, 0.25) is 0 Å². The molecule has 0 aromatic heterocycles. The molecule has 0 saturated heterocycles. The number of hydrogen-bond acceptors (Lipinski definition) is 15. The van der Waals surface area contributed by atoms with Gasteiger partial charge in [-0.25, -0.2) is 0 Å². The van der Waals surface area contributed by atoms with E-state index in [1.165, 1.54) is 12.1 Å². The fourth-order valence-electron chi connectivity index (χ4n) is 4.20. The average Bonchev–Trinajstić information content (AvgIpc) is 3.15. The molecule has 0 spiro atoms. The topological polar surface area (TPSA) is 162 Å². The van der Waals surface area contributed by atoms with Crippen molar-refractivity contribution >= 4 is 16.1 Å². The molecule has 1 aromatic rings. The lowest BCUT2D eigenvalue weighted by Gasteiger charge is -2.13. The van der Waals surface area contributed by atoms with Gasteiger partial charge < -0.3 is 52.1 Å². The smallest absolute Gasteiger partial charge is 0.308 e. The normalized spacial score (nSPS) is 12.3. The second-order valence-corrected chi connectivity index (χ2v) is 12.7. The summed E-state index contributed by atoms with van der Waals surface area (Å²) in [6, 6.07) is 7.97. The largest absolute Gasteiger partial charge is 0.463 e. The van der Waals surface area contributed by atoms with Gasteiger partial charge in [-0.05, 0) is 25.0 Å². The Labute approximate surface area is 311 Å². The summed E-state index contributed by atoms with van der Waals surface area (Å²) in [4.78, 5) is 12.1. The SMILES string of the molecule is CCCCC(CC)C(=O)OCCOCCOCCOCCOCCOCCOCCOCCOCCOCCOCCOS(=O)(=O)c1ccccc1. The summed E-state index contributed by atoms with van der Waals surface area (Å²) in [5, 5.41) is 0. The van der Waals surface area contributed by atoms with Crippen LogP contribution in [0.5, 0.6) is 0 Å². The first-order chi connectivity index (χ1) is 25.5. The van der Waals surface area contributed by atoms with Gasteiger partial charge in [-0.2, -0.15) is 8.42 Å². The monoisotopic (exact) mass is 768 g/mol. The van der Waals surface area contributed by atoms with Gasteiger partial charge in [-0.1, -0.05) is 44.9 Å². The van der Waals surface area contributed by atoms with E-state index >= 15 is 0 Å². The van der Waals surface area contributed by atoms with Gasteiger partial charge in [-0.3, -0.25) is 8.98 Å². The van der Waals surface area contributed by atoms with Crippen molar-refractivity contribution in [3.05, 3.63) is 30.3 Å². The molecule has 0 aliphatic carbocycles. The first kappa shape index (κ1) is 48.2. The zero-order valence-electron chi connectivity index (χ0n) is 31.4. The molecule has 304 valence electrons. The minimum Gasteiger partial charge on any atom is -0.463 e. The number of ether oxygens (including phenoxy) is 11. The standard InChI is InChI=1S/C36H64O15S/c1-3-5-9-34(4-2)36(37)50-32-30-48-28-26-46-24-22-44-20-18-42-16-14-40-12-13-41-15-17-43-19-21-45-23-25-47-27-29-49-31-33-51-52(38,39)35-10-7-6-8-11-35/h6-8,10-11,34H,3-5,9,12-33H2,1-2H3. The zero-order valence-corrected chi connectivity index (χ0v) is 32.2. The molecule has 0 aliphatic heterocycles. The molecule has 16 heteroatoms. The van der Waals surface area contributed by atoms with Gasteiger partial charge in [0, 0.05) is 0 Å². The minimum absolute atomic E-state index is 0.0115. The second kappa shape index (κ2) is 36.2. The van der Waals surface area contributed by atoms with E-state index in [-0.39, 0.29) is 36.6 Å². The molecule has 52 heavy (non-hydrogen) atoms. The lowest BCUT2D eigenvalue weighted by molar-refractivity contribution is -0.150. The second-order valence-electron chi connectivity index (χ2n) is 11.1. The van der Waals surface area contributed by atoms with E-state index in [0.29, 0.717) is 126 Å². The molecule has 1 atom stereocenters. The van der Waals surface area contributed by atoms with Crippen LogP contribution in [-0.2, 0) is 71.2 Å². The van der Waals surface area contributed by atoms with Crippen LogP contribution in [0.4, 0.5) is 0 Å². The van der Waals surface area contributed by atoms with Gasteiger partial charge in [0.25, 0.3) is 10.1 Å². The minimum atomic E-state index is -3.76. The molecule has 0 amide bonds. The lowest BCUT2D eigenvalue weighted by Crippen LogP contribution is -2.20. The summed E-state index contributed by atoms with van der Waals surface area (Å²) >= 11 is 0.